The minimum Gasteiger partial charge on any atom is -0.471 e. The van der Waals surface area contributed by atoms with Gasteiger partial charge in [0.2, 0.25) is 17.4 Å². The molecule has 3 aliphatic heterocycles. The quantitative estimate of drug-likeness (QED) is 0.468. The number of hydrogen-bond acceptors (Lipinski definition) is 7. The Bertz CT molecular complexity index is 1520. The summed E-state index contributed by atoms with van der Waals surface area (Å²) >= 11 is 0. The summed E-state index contributed by atoms with van der Waals surface area (Å²) in [7, 11) is 0. The minimum atomic E-state index is -5.32. The van der Waals surface area contributed by atoms with Crippen molar-refractivity contribution in [1.29, 1.82) is 5.26 Å². The predicted molar refractivity (Wildman–Crippen MR) is 146 cm³/mol. The highest BCUT2D eigenvalue weighted by Crippen LogP contribution is 2.46. The number of anilines is 1. The van der Waals surface area contributed by atoms with E-state index in [0.29, 0.717) is 12.3 Å². The van der Waals surface area contributed by atoms with Crippen LogP contribution >= 0.6 is 0 Å². The number of ether oxygens (including phenoxy) is 1. The molecule has 4 heterocycles. The van der Waals surface area contributed by atoms with Gasteiger partial charge in [-0.1, -0.05) is 20.8 Å². The second-order valence-electron chi connectivity index (χ2n) is 13.5. The standard InChI is InChI=1S/C29H31F7N6O5/c1-26(2,3)20(39-25(46)29(34,35)36)23(44)41-11-13-4-5-15(30)7-17(13)19(41)22(43)42-12-27(8-16(42)9-37)24(45)40-21-18(47-27)6-14(10-38-21)28(31,32)33/h6,10,13,15-17,19-20H,4-5,7-8,11-12H2,1-3H3,(H,39,46)(H,38,40,45)/t13?,15-,16+,17+,19+,20-,27-/m1/s1. The zero-order valence-corrected chi connectivity index (χ0v) is 25.3. The lowest BCUT2D eigenvalue weighted by Crippen LogP contribution is -2.61. The van der Waals surface area contributed by atoms with E-state index in [0.717, 1.165) is 9.80 Å². The highest BCUT2D eigenvalue weighted by atomic mass is 19.4. The molecule has 18 heteroatoms. The zero-order chi connectivity index (χ0) is 34.9. The lowest BCUT2D eigenvalue weighted by atomic mass is 9.77. The molecule has 1 spiro atoms. The molecule has 3 fully saturated rings. The number of nitriles is 1. The molecule has 0 bridgehead atoms. The Labute approximate surface area is 263 Å². The summed E-state index contributed by atoms with van der Waals surface area (Å²) in [6, 6.07) is -2.15. The molecule has 1 aromatic heterocycles. The lowest BCUT2D eigenvalue weighted by molar-refractivity contribution is -0.176. The van der Waals surface area contributed by atoms with E-state index in [1.807, 2.05) is 6.07 Å². The fourth-order valence-corrected chi connectivity index (χ4v) is 6.87. The third-order valence-corrected chi connectivity index (χ3v) is 9.23. The van der Waals surface area contributed by atoms with Crippen LogP contribution in [0, 0.1) is 28.6 Å². The Kier molecular flexibility index (Phi) is 8.37. The van der Waals surface area contributed by atoms with Crippen molar-refractivity contribution >= 4 is 29.4 Å². The number of halogens is 7. The summed E-state index contributed by atoms with van der Waals surface area (Å²) in [5, 5.41) is 14.1. The van der Waals surface area contributed by atoms with Crippen LogP contribution in [0.3, 0.4) is 0 Å². The van der Waals surface area contributed by atoms with Gasteiger partial charge in [0, 0.05) is 19.2 Å². The number of pyridine rings is 1. The van der Waals surface area contributed by atoms with E-state index in [-0.39, 0.29) is 31.6 Å². The summed E-state index contributed by atoms with van der Waals surface area (Å²) in [6.45, 7) is 3.45. The van der Waals surface area contributed by atoms with Gasteiger partial charge in [0.1, 0.15) is 24.3 Å². The van der Waals surface area contributed by atoms with E-state index in [1.165, 1.54) is 20.8 Å². The number of likely N-dealkylation sites (tertiary alicyclic amines) is 2. The molecule has 0 radical (unpaired) electrons. The van der Waals surface area contributed by atoms with Gasteiger partial charge in [0.25, 0.3) is 5.91 Å². The molecular formula is C29H31F7N6O5. The second-order valence-corrected chi connectivity index (χ2v) is 13.5. The van der Waals surface area contributed by atoms with Gasteiger partial charge in [-0.05, 0) is 42.6 Å². The lowest BCUT2D eigenvalue weighted by Gasteiger charge is -2.38. The maximum Gasteiger partial charge on any atom is 0.471 e. The van der Waals surface area contributed by atoms with Crippen LogP contribution < -0.4 is 15.4 Å². The minimum absolute atomic E-state index is 0.118. The highest BCUT2D eigenvalue weighted by Gasteiger charge is 2.60. The Morgan fingerprint density at radius 3 is 2.43 bits per heavy atom. The molecule has 1 aromatic rings. The average molecular weight is 677 g/mol. The zero-order valence-electron chi connectivity index (χ0n) is 25.3. The van der Waals surface area contributed by atoms with Crippen LogP contribution in [0.25, 0.3) is 0 Å². The molecule has 7 atom stereocenters. The number of nitrogens with one attached hydrogen (secondary N) is 2. The normalized spacial score (nSPS) is 29.7. The summed E-state index contributed by atoms with van der Waals surface area (Å²) in [6.07, 6.45) is -11.3. The number of rotatable bonds is 3. The van der Waals surface area contributed by atoms with Gasteiger partial charge >= 0.3 is 18.3 Å². The van der Waals surface area contributed by atoms with Crippen LogP contribution in [0.1, 0.15) is 52.0 Å². The van der Waals surface area contributed by atoms with Crippen molar-refractivity contribution in [3.8, 4) is 11.8 Å². The molecule has 4 amide bonds. The van der Waals surface area contributed by atoms with Crippen LogP contribution in [0.4, 0.5) is 36.6 Å². The first-order valence-electron chi connectivity index (χ1n) is 14.8. The maximum absolute atomic E-state index is 14.7. The number of carbonyl (C=O) groups excluding carboxylic acids is 4. The highest BCUT2D eigenvalue weighted by molar-refractivity contribution is 6.01. The van der Waals surface area contributed by atoms with Crippen molar-refractivity contribution in [3.05, 3.63) is 17.8 Å². The third-order valence-electron chi connectivity index (χ3n) is 9.23. The number of hydrogen-bond donors (Lipinski definition) is 2. The molecule has 2 N–H and O–H groups in total. The first kappa shape index (κ1) is 34.2. The Morgan fingerprint density at radius 1 is 1.15 bits per heavy atom. The van der Waals surface area contributed by atoms with E-state index < -0.39 is 107 Å². The SMILES string of the molecule is CC(C)(C)[C@H](NC(=O)C(F)(F)F)C(=O)N1CC2CC[C@@H](F)C[C@@H]2[C@H]1C(=O)N1C[C@@]2(C[C@H]1C#N)Oc1cc(C(F)(F)F)cnc1NC2=O. The van der Waals surface area contributed by atoms with Gasteiger partial charge < -0.3 is 25.2 Å². The monoisotopic (exact) mass is 676 g/mol. The van der Waals surface area contributed by atoms with Gasteiger partial charge in [-0.25, -0.2) is 9.37 Å². The number of alkyl halides is 7. The molecular weight excluding hydrogens is 645 g/mol. The molecule has 47 heavy (non-hydrogen) atoms. The number of amides is 4. The van der Waals surface area contributed by atoms with E-state index in [4.69, 9.17) is 4.74 Å². The van der Waals surface area contributed by atoms with Crippen molar-refractivity contribution in [1.82, 2.24) is 20.1 Å². The number of nitrogens with zero attached hydrogens (tertiary/aromatic N) is 4. The van der Waals surface area contributed by atoms with E-state index >= 15 is 0 Å². The molecule has 11 nitrogen and oxygen atoms in total. The van der Waals surface area contributed by atoms with Crippen molar-refractivity contribution < 1.29 is 54.6 Å². The smallest absolute Gasteiger partial charge is 0.471 e. The van der Waals surface area contributed by atoms with Crippen LogP contribution in [0.15, 0.2) is 12.3 Å². The first-order chi connectivity index (χ1) is 21.7. The van der Waals surface area contributed by atoms with Crippen LogP contribution in [-0.2, 0) is 25.4 Å². The Morgan fingerprint density at radius 2 is 1.83 bits per heavy atom. The van der Waals surface area contributed by atoms with Crippen molar-refractivity contribution in [2.75, 3.05) is 18.4 Å². The summed E-state index contributed by atoms with van der Waals surface area (Å²) < 4.78 is 100. The topological polar surface area (TPSA) is 145 Å². The molecule has 256 valence electrons. The van der Waals surface area contributed by atoms with Crippen LogP contribution in [0.5, 0.6) is 5.75 Å². The molecule has 5 rings (SSSR count). The first-order valence-corrected chi connectivity index (χ1v) is 14.8. The molecule has 1 aliphatic carbocycles. The third kappa shape index (κ3) is 6.28. The summed E-state index contributed by atoms with van der Waals surface area (Å²) in [5.74, 6) is -7.22. The Hall–Kier alpha value is -4.17. The Balaban J connectivity index is 1.48. The van der Waals surface area contributed by atoms with Gasteiger partial charge in [-0.2, -0.15) is 31.6 Å². The second kappa shape index (κ2) is 11.5. The van der Waals surface area contributed by atoms with Gasteiger partial charge in [0.15, 0.2) is 11.6 Å². The van der Waals surface area contributed by atoms with Crippen molar-refractivity contribution in [2.45, 2.75) is 88.7 Å². The van der Waals surface area contributed by atoms with E-state index in [1.54, 1.807) is 5.32 Å². The fourth-order valence-electron chi connectivity index (χ4n) is 6.87. The molecule has 2 saturated heterocycles. The largest absolute Gasteiger partial charge is 0.471 e. The summed E-state index contributed by atoms with van der Waals surface area (Å²) in [4.78, 5) is 59.0. The fraction of sp³-hybridized carbons (Fsp3) is 0.655. The maximum atomic E-state index is 14.7. The number of fused-ring (bicyclic) bond motifs is 2. The van der Waals surface area contributed by atoms with E-state index in [2.05, 4.69) is 10.3 Å². The van der Waals surface area contributed by atoms with Gasteiger partial charge in [0.05, 0.1) is 18.2 Å². The molecule has 4 aliphatic rings. The summed E-state index contributed by atoms with van der Waals surface area (Å²) in [5.41, 5.74) is -4.49. The van der Waals surface area contributed by atoms with Gasteiger partial charge in [-0.3, -0.25) is 19.2 Å². The van der Waals surface area contributed by atoms with Crippen molar-refractivity contribution in [2.24, 2.45) is 17.3 Å². The van der Waals surface area contributed by atoms with Crippen molar-refractivity contribution in [3.63, 3.8) is 0 Å². The van der Waals surface area contributed by atoms with Crippen LogP contribution in [0.2, 0.25) is 0 Å². The number of carbonyl (C=O) groups is 4. The molecule has 0 aromatic carbocycles. The molecule has 1 unspecified atom stereocenters. The van der Waals surface area contributed by atoms with E-state index in [9.17, 15) is 55.2 Å². The molecule has 1 saturated carbocycles. The number of aromatic nitrogens is 1. The van der Waals surface area contributed by atoms with Gasteiger partial charge in [-0.15, -0.1) is 0 Å². The average Bonchev–Trinajstić information content (AvgIpc) is 3.53. The van der Waals surface area contributed by atoms with Crippen LogP contribution in [-0.4, -0.2) is 87.6 Å². The predicted octanol–water partition coefficient (Wildman–Crippen LogP) is 3.35.